The van der Waals surface area contributed by atoms with E-state index in [1.165, 1.54) is 32.2 Å². The molecule has 1 aromatic carbocycles. The molecule has 3 rings (SSSR count). The van der Waals surface area contributed by atoms with E-state index < -0.39 is 35.9 Å². The molecule has 156 valence electrons. The van der Waals surface area contributed by atoms with Crippen molar-refractivity contribution in [2.75, 3.05) is 0 Å². The number of phenolic OH excluding ortho intramolecular Hbond substituents is 1. The summed E-state index contributed by atoms with van der Waals surface area (Å²) in [6.45, 7) is 2.82. The van der Waals surface area contributed by atoms with E-state index in [2.05, 4.69) is 9.97 Å². The van der Waals surface area contributed by atoms with Gasteiger partial charge in [0.1, 0.15) is 16.7 Å². The molecular formula is C20H19ClF4N2O2. The lowest BCUT2D eigenvalue weighted by Gasteiger charge is -2.38. The Bertz CT molecular complexity index is 1050. The molecule has 0 aliphatic carbocycles. The number of phenols is 1. The largest absolute Gasteiger partial charge is 0.508 e. The van der Waals surface area contributed by atoms with Gasteiger partial charge in [-0.15, -0.1) is 0 Å². The van der Waals surface area contributed by atoms with E-state index in [4.69, 9.17) is 11.6 Å². The highest BCUT2D eigenvalue weighted by molar-refractivity contribution is 6.30. The lowest BCUT2D eigenvalue weighted by molar-refractivity contribution is -0.266. The summed E-state index contributed by atoms with van der Waals surface area (Å²) in [5.74, 6) is -1.03. The zero-order chi connectivity index (χ0) is 21.6. The smallest absolute Gasteiger partial charge is 0.417 e. The summed E-state index contributed by atoms with van der Waals surface area (Å²) in [6.07, 6.45) is -5.14. The van der Waals surface area contributed by atoms with Crippen LogP contribution in [0.25, 0.3) is 10.9 Å². The van der Waals surface area contributed by atoms with Crippen LogP contribution in [0.3, 0.4) is 0 Å². The number of halogens is 5. The standard InChI is InChI=1S/C20H19ClF4N2O2/c1-18(2,14-7-12(22)3-4-16(14)28)10-19(29,20(23,24)25)8-13-5-11-6-17(21)26-9-15(11)27-13/h3-7,9,27-29H,8,10H2,1-2H3. The molecular weight excluding hydrogens is 412 g/mol. The number of aromatic amines is 1. The summed E-state index contributed by atoms with van der Waals surface area (Å²) in [5.41, 5.74) is -3.91. The first-order valence-corrected chi connectivity index (χ1v) is 9.10. The summed E-state index contributed by atoms with van der Waals surface area (Å²) in [4.78, 5) is 6.68. The van der Waals surface area contributed by atoms with Gasteiger partial charge in [0.25, 0.3) is 0 Å². The number of fused-ring (bicyclic) bond motifs is 1. The lowest BCUT2D eigenvalue weighted by atomic mass is 9.73. The molecule has 0 aliphatic rings. The molecule has 0 spiro atoms. The number of aromatic nitrogens is 2. The fourth-order valence-corrected chi connectivity index (χ4v) is 3.78. The van der Waals surface area contributed by atoms with Crippen molar-refractivity contribution in [1.82, 2.24) is 9.97 Å². The van der Waals surface area contributed by atoms with E-state index >= 15 is 0 Å². The van der Waals surface area contributed by atoms with Gasteiger partial charge in [0, 0.05) is 23.1 Å². The van der Waals surface area contributed by atoms with Crippen LogP contribution in [0, 0.1) is 5.82 Å². The number of hydrogen-bond acceptors (Lipinski definition) is 3. The van der Waals surface area contributed by atoms with E-state index in [0.29, 0.717) is 10.9 Å². The van der Waals surface area contributed by atoms with Gasteiger partial charge in [0.2, 0.25) is 0 Å². The fourth-order valence-electron chi connectivity index (χ4n) is 3.61. The normalized spacial score (nSPS) is 14.9. The molecule has 1 unspecified atom stereocenters. The molecule has 4 nitrogen and oxygen atoms in total. The monoisotopic (exact) mass is 430 g/mol. The fraction of sp³-hybridized carbons (Fsp3) is 0.350. The van der Waals surface area contributed by atoms with Gasteiger partial charge in [-0.05, 0) is 42.2 Å². The highest BCUT2D eigenvalue weighted by Crippen LogP contribution is 2.45. The molecule has 2 heterocycles. The minimum atomic E-state index is -4.97. The minimum Gasteiger partial charge on any atom is -0.508 e. The Kier molecular flexibility index (Phi) is 5.29. The summed E-state index contributed by atoms with van der Waals surface area (Å²) in [5, 5.41) is 21.5. The van der Waals surface area contributed by atoms with Crippen LogP contribution >= 0.6 is 11.6 Å². The minimum absolute atomic E-state index is 0.0206. The van der Waals surface area contributed by atoms with Gasteiger partial charge < -0.3 is 15.2 Å². The molecule has 0 aliphatic heterocycles. The molecule has 0 amide bonds. The first kappa shape index (κ1) is 21.4. The Balaban J connectivity index is 1.98. The van der Waals surface area contributed by atoms with Crippen molar-refractivity contribution in [3.63, 3.8) is 0 Å². The van der Waals surface area contributed by atoms with Gasteiger partial charge in [-0.25, -0.2) is 9.37 Å². The summed E-state index contributed by atoms with van der Waals surface area (Å²) in [6, 6.07) is 6.02. The summed E-state index contributed by atoms with van der Waals surface area (Å²) in [7, 11) is 0. The van der Waals surface area contributed by atoms with Crippen molar-refractivity contribution >= 4 is 22.5 Å². The van der Waals surface area contributed by atoms with Crippen LogP contribution < -0.4 is 0 Å². The molecule has 29 heavy (non-hydrogen) atoms. The van der Waals surface area contributed by atoms with E-state index in [-0.39, 0.29) is 22.2 Å². The molecule has 1 atom stereocenters. The predicted molar refractivity (Wildman–Crippen MR) is 102 cm³/mol. The molecule has 3 aromatic rings. The second-order valence-electron chi connectivity index (χ2n) is 7.82. The molecule has 0 bridgehead atoms. The lowest BCUT2D eigenvalue weighted by Crippen LogP contribution is -2.50. The van der Waals surface area contributed by atoms with Crippen LogP contribution in [0.2, 0.25) is 5.15 Å². The Morgan fingerprint density at radius 3 is 2.48 bits per heavy atom. The highest BCUT2D eigenvalue weighted by Gasteiger charge is 2.56. The Hall–Kier alpha value is -2.32. The molecule has 2 aromatic heterocycles. The number of nitrogens with zero attached hydrogens (tertiary/aromatic N) is 1. The van der Waals surface area contributed by atoms with E-state index in [9.17, 15) is 27.8 Å². The third-order valence-electron chi connectivity index (χ3n) is 4.96. The number of rotatable bonds is 5. The molecule has 9 heteroatoms. The van der Waals surface area contributed by atoms with Gasteiger partial charge in [-0.3, -0.25) is 0 Å². The van der Waals surface area contributed by atoms with Crippen LogP contribution in [0.15, 0.2) is 36.5 Å². The SMILES string of the molecule is CC(C)(CC(O)(Cc1cc2cc(Cl)ncc2[nH]1)C(F)(F)F)c1cc(F)ccc1O. The maximum Gasteiger partial charge on any atom is 0.417 e. The maximum atomic E-state index is 13.9. The first-order chi connectivity index (χ1) is 13.3. The average Bonchev–Trinajstić information content (AvgIpc) is 2.96. The third kappa shape index (κ3) is 4.33. The number of aromatic hydroxyl groups is 1. The van der Waals surface area contributed by atoms with Crippen LogP contribution in [-0.4, -0.2) is 32.0 Å². The van der Waals surface area contributed by atoms with Crippen LogP contribution in [0.4, 0.5) is 17.6 Å². The van der Waals surface area contributed by atoms with Crippen LogP contribution in [0.5, 0.6) is 5.75 Å². The third-order valence-corrected chi connectivity index (χ3v) is 5.17. The second kappa shape index (κ2) is 7.18. The number of hydrogen-bond donors (Lipinski definition) is 3. The number of nitrogens with one attached hydrogen (secondary N) is 1. The molecule has 3 N–H and O–H groups in total. The predicted octanol–water partition coefficient (Wildman–Crippen LogP) is 5.26. The van der Waals surface area contributed by atoms with E-state index in [1.54, 1.807) is 0 Å². The first-order valence-electron chi connectivity index (χ1n) is 8.72. The summed E-state index contributed by atoms with van der Waals surface area (Å²) < 4.78 is 55.3. The molecule has 0 fully saturated rings. The average molecular weight is 431 g/mol. The number of benzene rings is 1. The van der Waals surface area contributed by atoms with Crippen LogP contribution in [0.1, 0.15) is 31.5 Å². The van der Waals surface area contributed by atoms with Crippen molar-refractivity contribution in [3.05, 3.63) is 58.8 Å². The van der Waals surface area contributed by atoms with Crippen molar-refractivity contribution < 1.29 is 27.8 Å². The number of H-pyrrole nitrogens is 1. The van der Waals surface area contributed by atoms with Gasteiger partial charge in [-0.1, -0.05) is 25.4 Å². The van der Waals surface area contributed by atoms with Crippen molar-refractivity contribution in [1.29, 1.82) is 0 Å². The van der Waals surface area contributed by atoms with E-state index in [0.717, 1.165) is 18.2 Å². The number of alkyl halides is 3. The van der Waals surface area contributed by atoms with Gasteiger partial charge in [-0.2, -0.15) is 13.2 Å². The van der Waals surface area contributed by atoms with Crippen molar-refractivity contribution in [3.8, 4) is 5.75 Å². The second-order valence-corrected chi connectivity index (χ2v) is 8.20. The quantitative estimate of drug-likeness (QED) is 0.382. The van der Waals surface area contributed by atoms with E-state index in [1.807, 2.05) is 0 Å². The zero-order valence-electron chi connectivity index (χ0n) is 15.6. The van der Waals surface area contributed by atoms with Gasteiger partial charge >= 0.3 is 6.18 Å². The topological polar surface area (TPSA) is 69.1 Å². The Labute approximate surface area is 169 Å². The molecule has 0 saturated carbocycles. The van der Waals surface area contributed by atoms with Crippen LogP contribution in [-0.2, 0) is 11.8 Å². The Morgan fingerprint density at radius 1 is 1.14 bits per heavy atom. The zero-order valence-corrected chi connectivity index (χ0v) is 16.4. The van der Waals surface area contributed by atoms with Gasteiger partial charge in [0.15, 0.2) is 5.60 Å². The highest BCUT2D eigenvalue weighted by atomic mass is 35.5. The maximum absolute atomic E-state index is 13.9. The van der Waals surface area contributed by atoms with Crippen molar-refractivity contribution in [2.24, 2.45) is 0 Å². The number of pyridine rings is 1. The van der Waals surface area contributed by atoms with Crippen molar-refractivity contribution in [2.45, 2.75) is 43.9 Å². The number of aliphatic hydroxyl groups is 1. The Morgan fingerprint density at radius 2 is 1.83 bits per heavy atom. The molecule has 0 saturated heterocycles. The summed E-state index contributed by atoms with van der Waals surface area (Å²) >= 11 is 5.81. The molecule has 0 radical (unpaired) electrons. The van der Waals surface area contributed by atoms with Gasteiger partial charge in [0.05, 0.1) is 11.7 Å².